The van der Waals surface area contributed by atoms with Gasteiger partial charge in [0, 0.05) is 6.07 Å². The first kappa shape index (κ1) is 16.5. The highest BCUT2D eigenvalue weighted by Gasteiger charge is 2.28. The number of methoxy groups -OCH3 is 2. The van der Waals surface area contributed by atoms with Crippen molar-refractivity contribution in [3.63, 3.8) is 0 Å². The molecule has 0 bridgehead atoms. The molecule has 0 fully saturated rings. The molecule has 1 rings (SSSR count). The summed E-state index contributed by atoms with van der Waals surface area (Å²) in [4.78, 5) is 0. The molecule has 0 amide bonds. The molecular formula is C15H22O5. The summed E-state index contributed by atoms with van der Waals surface area (Å²) < 4.78 is 16.0. The zero-order valence-corrected chi connectivity index (χ0v) is 12.0. The molecule has 20 heavy (non-hydrogen) atoms. The van der Waals surface area contributed by atoms with Crippen molar-refractivity contribution in [3.8, 4) is 11.5 Å². The molecule has 0 saturated heterocycles. The molecule has 0 heterocycles. The van der Waals surface area contributed by atoms with E-state index in [0.29, 0.717) is 17.9 Å². The van der Waals surface area contributed by atoms with Crippen LogP contribution in [0.1, 0.15) is 12.0 Å². The SMILES string of the molecule is C=CCC(CO)(CO)OCc1cc(OC)cc(OC)c1. The van der Waals surface area contributed by atoms with Gasteiger partial charge in [-0.15, -0.1) is 6.58 Å². The highest BCUT2D eigenvalue weighted by molar-refractivity contribution is 5.38. The first-order chi connectivity index (χ1) is 9.62. The van der Waals surface area contributed by atoms with Gasteiger partial charge in [0.05, 0.1) is 34.0 Å². The third-order valence-electron chi connectivity index (χ3n) is 3.05. The van der Waals surface area contributed by atoms with Crippen molar-refractivity contribution in [1.82, 2.24) is 0 Å². The highest BCUT2D eigenvalue weighted by Crippen LogP contribution is 2.25. The minimum Gasteiger partial charge on any atom is -0.497 e. The number of aliphatic hydroxyl groups is 2. The normalized spacial score (nSPS) is 11.2. The van der Waals surface area contributed by atoms with Crippen LogP contribution in [0.15, 0.2) is 30.9 Å². The quantitative estimate of drug-likeness (QED) is 0.672. The van der Waals surface area contributed by atoms with Crippen LogP contribution < -0.4 is 9.47 Å². The van der Waals surface area contributed by atoms with Crippen molar-refractivity contribution >= 4 is 0 Å². The van der Waals surface area contributed by atoms with E-state index in [9.17, 15) is 10.2 Å². The van der Waals surface area contributed by atoms with E-state index >= 15 is 0 Å². The molecule has 0 spiro atoms. The van der Waals surface area contributed by atoms with Crippen LogP contribution in [0.3, 0.4) is 0 Å². The molecule has 2 N–H and O–H groups in total. The lowest BCUT2D eigenvalue weighted by atomic mass is 10.0. The van der Waals surface area contributed by atoms with Crippen LogP contribution in [0.2, 0.25) is 0 Å². The maximum Gasteiger partial charge on any atom is 0.122 e. The summed E-state index contributed by atoms with van der Waals surface area (Å²) in [7, 11) is 3.14. The van der Waals surface area contributed by atoms with Gasteiger partial charge in [0.25, 0.3) is 0 Å². The molecule has 112 valence electrons. The third kappa shape index (κ3) is 4.23. The van der Waals surface area contributed by atoms with Crippen molar-refractivity contribution in [2.24, 2.45) is 0 Å². The zero-order chi connectivity index (χ0) is 15.0. The van der Waals surface area contributed by atoms with Gasteiger partial charge in [-0.3, -0.25) is 0 Å². The van der Waals surface area contributed by atoms with Crippen molar-refractivity contribution in [3.05, 3.63) is 36.4 Å². The van der Waals surface area contributed by atoms with Gasteiger partial charge in [-0.25, -0.2) is 0 Å². The van der Waals surface area contributed by atoms with E-state index in [4.69, 9.17) is 14.2 Å². The maximum atomic E-state index is 9.41. The Balaban J connectivity index is 2.84. The molecule has 0 atom stereocenters. The summed E-state index contributed by atoms with van der Waals surface area (Å²) >= 11 is 0. The Bertz CT molecular complexity index is 404. The Morgan fingerprint density at radius 2 is 1.65 bits per heavy atom. The van der Waals surface area contributed by atoms with Crippen LogP contribution in [-0.4, -0.2) is 43.2 Å². The molecule has 0 radical (unpaired) electrons. The summed E-state index contributed by atoms with van der Waals surface area (Å²) in [5, 5.41) is 18.8. The highest BCUT2D eigenvalue weighted by atomic mass is 16.5. The molecule has 0 aromatic heterocycles. The Hall–Kier alpha value is -1.56. The summed E-state index contributed by atoms with van der Waals surface area (Å²) in [6.45, 7) is 3.27. The number of aliphatic hydroxyl groups excluding tert-OH is 2. The summed E-state index contributed by atoms with van der Waals surface area (Å²) in [6.07, 6.45) is 1.97. The maximum absolute atomic E-state index is 9.41. The number of benzene rings is 1. The lowest BCUT2D eigenvalue weighted by Crippen LogP contribution is -2.40. The van der Waals surface area contributed by atoms with E-state index in [0.717, 1.165) is 5.56 Å². The molecule has 0 aliphatic heterocycles. The second-order valence-electron chi connectivity index (χ2n) is 4.50. The average Bonchev–Trinajstić information content (AvgIpc) is 2.51. The molecule has 0 saturated carbocycles. The largest absolute Gasteiger partial charge is 0.497 e. The number of hydrogen-bond donors (Lipinski definition) is 2. The lowest BCUT2D eigenvalue weighted by molar-refractivity contribution is -0.114. The van der Waals surface area contributed by atoms with Gasteiger partial charge in [-0.05, 0) is 24.1 Å². The minimum atomic E-state index is -1.02. The van der Waals surface area contributed by atoms with Gasteiger partial charge in [0.1, 0.15) is 17.1 Å². The van der Waals surface area contributed by atoms with Gasteiger partial charge in [0.2, 0.25) is 0 Å². The number of ether oxygens (including phenoxy) is 3. The lowest BCUT2D eigenvalue weighted by Gasteiger charge is -2.29. The van der Waals surface area contributed by atoms with Crippen molar-refractivity contribution in [2.75, 3.05) is 27.4 Å². The fourth-order valence-electron chi connectivity index (χ4n) is 1.78. The van der Waals surface area contributed by atoms with E-state index < -0.39 is 5.60 Å². The topological polar surface area (TPSA) is 68.2 Å². The van der Waals surface area contributed by atoms with Crippen LogP contribution in [0.4, 0.5) is 0 Å². The Kier molecular flexibility index (Phi) is 6.51. The Morgan fingerprint density at radius 3 is 2.05 bits per heavy atom. The molecule has 1 aromatic carbocycles. The van der Waals surface area contributed by atoms with Crippen LogP contribution in [0, 0.1) is 0 Å². The van der Waals surface area contributed by atoms with Gasteiger partial charge < -0.3 is 24.4 Å². The molecule has 0 aliphatic carbocycles. The average molecular weight is 282 g/mol. The summed E-state index contributed by atoms with van der Waals surface area (Å²) in [6, 6.07) is 5.39. The first-order valence-corrected chi connectivity index (χ1v) is 6.31. The Labute approximate surface area is 119 Å². The molecule has 1 aromatic rings. The summed E-state index contributed by atoms with van der Waals surface area (Å²) in [5.74, 6) is 1.32. The molecule has 0 unspecified atom stereocenters. The number of rotatable bonds is 9. The van der Waals surface area contributed by atoms with Crippen LogP contribution in [0.25, 0.3) is 0 Å². The summed E-state index contributed by atoms with van der Waals surface area (Å²) in [5.41, 5.74) is -0.186. The first-order valence-electron chi connectivity index (χ1n) is 6.31. The second-order valence-corrected chi connectivity index (χ2v) is 4.50. The predicted molar refractivity (Wildman–Crippen MR) is 76.1 cm³/mol. The number of hydrogen-bond acceptors (Lipinski definition) is 5. The van der Waals surface area contributed by atoms with E-state index in [1.54, 1.807) is 26.4 Å². The Morgan fingerprint density at radius 1 is 1.10 bits per heavy atom. The fourth-order valence-corrected chi connectivity index (χ4v) is 1.78. The van der Waals surface area contributed by atoms with Crippen LogP contribution in [-0.2, 0) is 11.3 Å². The van der Waals surface area contributed by atoms with E-state index in [2.05, 4.69) is 6.58 Å². The molecular weight excluding hydrogens is 260 g/mol. The minimum absolute atomic E-state index is 0.225. The van der Waals surface area contributed by atoms with Crippen LogP contribution in [0.5, 0.6) is 11.5 Å². The monoisotopic (exact) mass is 282 g/mol. The van der Waals surface area contributed by atoms with Crippen molar-refractivity contribution in [2.45, 2.75) is 18.6 Å². The second kappa shape index (κ2) is 7.89. The predicted octanol–water partition coefficient (Wildman–Crippen LogP) is 1.52. The smallest absolute Gasteiger partial charge is 0.122 e. The van der Waals surface area contributed by atoms with E-state index in [1.807, 2.05) is 12.1 Å². The van der Waals surface area contributed by atoms with Crippen LogP contribution >= 0.6 is 0 Å². The van der Waals surface area contributed by atoms with E-state index in [1.165, 1.54) is 0 Å². The molecule has 5 heteroatoms. The van der Waals surface area contributed by atoms with Gasteiger partial charge in [0.15, 0.2) is 0 Å². The molecule has 0 aliphatic rings. The van der Waals surface area contributed by atoms with Crippen molar-refractivity contribution < 1.29 is 24.4 Å². The standard InChI is InChI=1S/C15H22O5/c1-4-5-15(10-16,11-17)20-9-12-6-13(18-2)8-14(7-12)19-3/h4,6-8,16-17H,1,5,9-11H2,2-3H3. The van der Waals surface area contributed by atoms with Crippen molar-refractivity contribution in [1.29, 1.82) is 0 Å². The third-order valence-corrected chi connectivity index (χ3v) is 3.05. The van der Waals surface area contributed by atoms with Gasteiger partial charge in [-0.1, -0.05) is 6.08 Å². The molecule has 5 nitrogen and oxygen atoms in total. The fraction of sp³-hybridized carbons (Fsp3) is 0.467. The van der Waals surface area contributed by atoms with E-state index in [-0.39, 0.29) is 19.8 Å². The zero-order valence-electron chi connectivity index (χ0n) is 12.0. The van der Waals surface area contributed by atoms with Gasteiger partial charge in [-0.2, -0.15) is 0 Å². The van der Waals surface area contributed by atoms with Gasteiger partial charge >= 0.3 is 0 Å².